The van der Waals surface area contributed by atoms with E-state index in [9.17, 15) is 0 Å². The fourth-order valence-electron chi connectivity index (χ4n) is 18.9. The Morgan fingerprint density at radius 1 is 0.218 bits per heavy atom. The van der Waals surface area contributed by atoms with Crippen LogP contribution in [-0.2, 0) is 32.5 Å². The first-order chi connectivity index (χ1) is 58.2. The molecule has 0 spiro atoms. The first kappa shape index (κ1) is 87.7. The summed E-state index contributed by atoms with van der Waals surface area (Å²) in [5.41, 5.74) is 47.4. The molecule has 0 unspecified atom stereocenters. The van der Waals surface area contributed by atoms with E-state index in [2.05, 4.69) is 455 Å². The van der Waals surface area contributed by atoms with Gasteiger partial charge in [-0.3, -0.25) is 15.0 Å². The lowest BCUT2D eigenvalue weighted by molar-refractivity contribution is 0.590. The first-order valence-corrected chi connectivity index (χ1v) is 46.3. The van der Waals surface area contributed by atoms with Gasteiger partial charge in [0.15, 0.2) is 0 Å². The van der Waals surface area contributed by atoms with Crippen molar-refractivity contribution >= 4 is 48.7 Å². The van der Waals surface area contributed by atoms with Crippen LogP contribution in [0.4, 0.5) is 0 Å². The highest BCUT2D eigenvalue weighted by Gasteiger charge is 2.45. The molecular formula is C117H129AlN6. The van der Waals surface area contributed by atoms with Crippen LogP contribution in [0.25, 0.3) is 83.5 Å². The third kappa shape index (κ3) is 17.4. The molecule has 12 aromatic rings. The Kier molecular flexibility index (Phi) is 23.1. The van der Waals surface area contributed by atoms with Gasteiger partial charge < -0.3 is 10.7 Å². The van der Waals surface area contributed by atoms with E-state index in [-0.39, 0.29) is 32.5 Å². The van der Waals surface area contributed by atoms with Crippen molar-refractivity contribution in [3.63, 3.8) is 0 Å². The van der Waals surface area contributed by atoms with Crippen LogP contribution >= 0.6 is 0 Å². The summed E-state index contributed by atoms with van der Waals surface area (Å²) < 4.78 is 8.53. The third-order valence-electron chi connectivity index (χ3n) is 25.8. The second kappa shape index (κ2) is 32.7. The molecule has 0 atom stereocenters. The summed E-state index contributed by atoms with van der Waals surface area (Å²) in [6, 6.07) is 85.6. The van der Waals surface area contributed by atoms with E-state index in [1.54, 1.807) is 0 Å². The van der Waals surface area contributed by atoms with Crippen LogP contribution in [-0.4, -0.2) is 42.6 Å². The van der Waals surface area contributed by atoms with Gasteiger partial charge in [0.1, 0.15) is 0 Å². The monoisotopic (exact) mass is 1650 g/mol. The van der Waals surface area contributed by atoms with Gasteiger partial charge in [-0.1, -0.05) is 270 Å². The molecule has 7 heteroatoms. The van der Waals surface area contributed by atoms with Gasteiger partial charge >= 0.3 is 14.8 Å². The molecule has 0 saturated heterocycles. The minimum Gasteiger partial charge on any atom is -0.399 e. The molecule has 3 aliphatic heterocycles. The zero-order chi connectivity index (χ0) is 89.3. The number of benzene rings is 9. The van der Waals surface area contributed by atoms with E-state index in [1.165, 1.54) is 33.4 Å². The van der Waals surface area contributed by atoms with Gasteiger partial charge in [0.2, 0.25) is 0 Å². The fourth-order valence-corrected chi connectivity index (χ4v) is 22.6. The van der Waals surface area contributed by atoms with Crippen molar-refractivity contribution in [3.8, 4) is 66.8 Å². The Hall–Kier alpha value is -11.2. The summed E-state index contributed by atoms with van der Waals surface area (Å²) >= 11 is -3.38. The molecule has 0 fully saturated rings. The maximum absolute atomic E-state index is 5.79. The van der Waals surface area contributed by atoms with E-state index in [0.717, 1.165) is 202 Å². The quantitative estimate of drug-likeness (QED) is 0.0919. The minimum atomic E-state index is -3.38. The molecule has 0 N–H and O–H groups in total. The molecule has 3 aliphatic rings. The number of rotatable bonds is 15. The largest absolute Gasteiger partial charge is 0.755 e. The van der Waals surface area contributed by atoms with Crippen LogP contribution in [0.3, 0.4) is 0 Å². The van der Waals surface area contributed by atoms with E-state index in [1.807, 2.05) is 0 Å². The average Bonchev–Trinajstić information content (AvgIpc) is 1.55. The lowest BCUT2D eigenvalue weighted by Crippen LogP contribution is -2.46. The Morgan fingerprint density at radius 3 is 0.532 bits per heavy atom. The summed E-state index contributed by atoms with van der Waals surface area (Å²) in [6.07, 6.45) is 6.86. The number of aliphatic imine (C=N–C) groups is 3. The molecule has 124 heavy (non-hydrogen) atoms. The van der Waals surface area contributed by atoms with Crippen LogP contribution in [0.15, 0.2) is 285 Å². The molecule has 15 rings (SSSR count). The second-order valence-electron chi connectivity index (χ2n) is 42.2. The predicted octanol–water partition coefficient (Wildman–Crippen LogP) is 31.2. The van der Waals surface area contributed by atoms with Crippen molar-refractivity contribution in [3.05, 3.63) is 371 Å². The van der Waals surface area contributed by atoms with Crippen molar-refractivity contribution < 1.29 is 0 Å². The first-order valence-electron chi connectivity index (χ1n) is 44.8. The van der Waals surface area contributed by atoms with Crippen LogP contribution in [0, 0.1) is 41.5 Å². The highest BCUT2D eigenvalue weighted by Crippen LogP contribution is 2.49. The summed E-state index contributed by atoms with van der Waals surface area (Å²) in [4.78, 5) is 17.4. The van der Waals surface area contributed by atoms with Gasteiger partial charge in [-0.05, 0) is 374 Å². The highest BCUT2D eigenvalue weighted by atomic mass is 27.2. The normalized spacial score (nSPS) is 15.4. The zero-order valence-electron chi connectivity index (χ0n) is 79.8. The predicted molar refractivity (Wildman–Crippen MR) is 536 cm³/mol. The number of aromatic nitrogens is 3. The molecule has 0 aliphatic carbocycles. The number of nitrogens with zero attached hydrogens (tertiary/aromatic N) is 6. The summed E-state index contributed by atoms with van der Waals surface area (Å²) in [5, 5.41) is 0. The molecule has 6 heterocycles. The molecule has 6 nitrogen and oxygen atoms in total. The van der Waals surface area contributed by atoms with Crippen molar-refractivity contribution in [2.24, 2.45) is 15.0 Å². The molecular weight excluding hydrogens is 1520 g/mol. The maximum Gasteiger partial charge on any atom is 0.755 e. The molecule has 0 bridgehead atoms. The number of hydrogen-bond acceptors (Lipinski definition) is 3. The Morgan fingerprint density at radius 2 is 0.387 bits per heavy atom. The van der Waals surface area contributed by atoms with Gasteiger partial charge in [-0.15, -0.1) is 0 Å². The van der Waals surface area contributed by atoms with E-state index < -0.39 is 14.8 Å². The minimum absolute atomic E-state index is 0.0318. The van der Waals surface area contributed by atoms with Crippen LogP contribution in [0.2, 0.25) is 0 Å². The number of aryl methyl sites for hydroxylation is 6. The van der Waals surface area contributed by atoms with Crippen molar-refractivity contribution in [1.82, 2.24) is 10.7 Å². The summed E-state index contributed by atoms with van der Waals surface area (Å²) in [7, 11) is 0. The Labute approximate surface area is 747 Å². The van der Waals surface area contributed by atoms with E-state index >= 15 is 0 Å². The van der Waals surface area contributed by atoms with E-state index in [0.29, 0.717) is 0 Å². The summed E-state index contributed by atoms with van der Waals surface area (Å²) in [6.45, 7) is 69.0. The SMILES string of the molecule is CC1=CC(C)=NC1=C(c1cc(-c2ccc(C(C)(C)C)cc2)cc(-c2ccc(C(C)(C)C)cc2)c1)c1c(C)cc(C)[n]1[Al]([n]1c(C)cc(C)c1C(=C1N=C(C)C=C1C)c1cc(-c2ccc(C(C)(C)C)cc2)cc(-c2ccc(C(C)(C)C)cc2)c1)[n]1c(C)cc(C)c1C(=C1N=C(C)C=C1C)c1cc(-c2ccc(C(C)(C)C)cc2)cc(-c2ccc(C(C)(C)C)cc2)c1. The number of allylic oxidation sites excluding steroid dienone is 6. The van der Waals surface area contributed by atoms with E-state index in [4.69, 9.17) is 15.0 Å². The number of hydrogen-bond donors (Lipinski definition) is 0. The van der Waals surface area contributed by atoms with Crippen molar-refractivity contribution in [2.75, 3.05) is 0 Å². The van der Waals surface area contributed by atoms with Crippen LogP contribution in [0.5, 0.6) is 0 Å². The van der Waals surface area contributed by atoms with Crippen LogP contribution in [0.1, 0.15) is 267 Å². The highest BCUT2D eigenvalue weighted by molar-refractivity contribution is 6.56. The Balaban J connectivity index is 1.10. The van der Waals surface area contributed by atoms with Crippen molar-refractivity contribution in [1.29, 1.82) is 0 Å². The van der Waals surface area contributed by atoms with Gasteiger partial charge in [0.25, 0.3) is 0 Å². The van der Waals surface area contributed by atoms with Gasteiger partial charge in [0, 0.05) is 50.9 Å². The van der Waals surface area contributed by atoms with Crippen molar-refractivity contribution in [2.45, 2.75) is 240 Å². The molecule has 3 aromatic heterocycles. The molecule has 0 radical (unpaired) electrons. The second-order valence-corrected chi connectivity index (χ2v) is 44.4. The molecule has 9 aromatic carbocycles. The standard InChI is InChI=1S/3C39H43N2.Al/c3*1-24-19-26(3)40-36(24)35(37-25(2)20-27(4)41-37)32-22-30(28-11-15-33(16-12-28)38(5,6)7)21-31(23-32)29-13-17-34(18-14-29)39(8,9)10;/h3*11-23H,1-10H3;/q3*-1;+3. The topological polar surface area (TPSA) is 51.9 Å². The van der Waals surface area contributed by atoms with Gasteiger partial charge in [-0.2, -0.15) is 0 Å². The van der Waals surface area contributed by atoms with Gasteiger partial charge in [0.05, 0.1) is 17.1 Å². The molecule has 0 saturated carbocycles. The van der Waals surface area contributed by atoms with Gasteiger partial charge in [-0.25, -0.2) is 0 Å². The summed E-state index contributed by atoms with van der Waals surface area (Å²) in [5.74, 6) is 0. The lowest BCUT2D eigenvalue weighted by atomic mass is 9.84. The zero-order valence-corrected chi connectivity index (χ0v) is 80.9. The molecule has 0 amide bonds. The maximum atomic E-state index is 5.79. The smallest absolute Gasteiger partial charge is 0.399 e. The lowest BCUT2D eigenvalue weighted by Gasteiger charge is -2.31. The van der Waals surface area contributed by atoms with Crippen LogP contribution < -0.4 is 0 Å². The molecule has 630 valence electrons. The average molecular weight is 1650 g/mol. The Bertz CT molecular complexity index is 5680. The third-order valence-corrected chi connectivity index (χ3v) is 29.2. The fraction of sp³-hybridized carbons (Fsp3) is 0.308.